The Labute approximate surface area is 178 Å². The molecule has 1 aliphatic rings. The van der Waals surface area contributed by atoms with Gasteiger partial charge in [-0.15, -0.1) is 0 Å². The van der Waals surface area contributed by atoms with Gasteiger partial charge in [0, 0.05) is 13.1 Å². The average molecular weight is 411 g/mol. The van der Waals surface area contributed by atoms with Crippen LogP contribution in [0.25, 0.3) is 0 Å². The van der Waals surface area contributed by atoms with Crippen LogP contribution in [0.4, 0.5) is 5.69 Å². The zero-order chi connectivity index (χ0) is 21.7. The third-order valence-electron chi connectivity index (χ3n) is 5.12. The van der Waals surface area contributed by atoms with E-state index in [1.807, 2.05) is 24.3 Å². The minimum Gasteiger partial charge on any atom is -0.481 e. The van der Waals surface area contributed by atoms with Gasteiger partial charge in [-0.2, -0.15) is 0 Å². The summed E-state index contributed by atoms with van der Waals surface area (Å²) in [5, 5.41) is 2.84. The summed E-state index contributed by atoms with van der Waals surface area (Å²) in [4.78, 5) is 27.3. The first-order chi connectivity index (χ1) is 14.3. The molecule has 0 saturated carbocycles. The fraction of sp³-hybridized carbons (Fsp3) is 0.417. The number of rotatable bonds is 5. The number of carbonyl (C=O) groups is 2. The molecule has 1 heterocycles. The fourth-order valence-corrected chi connectivity index (χ4v) is 3.24. The van der Waals surface area contributed by atoms with Gasteiger partial charge in [0.05, 0.1) is 24.5 Å². The van der Waals surface area contributed by atoms with Crippen LogP contribution in [0.3, 0.4) is 0 Å². The molecular weight excluding hydrogens is 380 g/mol. The molecule has 1 atom stereocenters. The SMILES string of the molecule is C[C@H](Oc1ccc(C(C)(C)C)cc1)C(=O)Nc1ccccc1C(=O)N1CCOCC1. The zero-order valence-electron chi connectivity index (χ0n) is 18.1. The van der Waals surface area contributed by atoms with E-state index in [-0.39, 0.29) is 17.2 Å². The molecule has 2 aromatic carbocycles. The van der Waals surface area contributed by atoms with Crippen LogP contribution < -0.4 is 10.1 Å². The van der Waals surface area contributed by atoms with Crippen LogP contribution in [-0.4, -0.2) is 49.1 Å². The number of amides is 2. The van der Waals surface area contributed by atoms with E-state index in [1.54, 1.807) is 36.1 Å². The largest absolute Gasteiger partial charge is 0.481 e. The first kappa shape index (κ1) is 21.8. The second kappa shape index (κ2) is 9.30. The van der Waals surface area contributed by atoms with Crippen molar-refractivity contribution in [2.75, 3.05) is 31.6 Å². The van der Waals surface area contributed by atoms with E-state index in [0.717, 1.165) is 0 Å². The lowest BCUT2D eigenvalue weighted by Gasteiger charge is -2.27. The van der Waals surface area contributed by atoms with Gasteiger partial charge in [-0.3, -0.25) is 9.59 Å². The Hall–Kier alpha value is -2.86. The second-order valence-electron chi connectivity index (χ2n) is 8.47. The highest BCUT2D eigenvalue weighted by atomic mass is 16.5. The molecule has 2 aromatic rings. The van der Waals surface area contributed by atoms with Crippen LogP contribution in [0.2, 0.25) is 0 Å². The molecule has 0 spiro atoms. The maximum absolute atomic E-state index is 12.9. The normalized spacial score (nSPS) is 15.4. The molecule has 6 heteroatoms. The Bertz CT molecular complexity index is 881. The third-order valence-corrected chi connectivity index (χ3v) is 5.12. The number of hydrogen-bond acceptors (Lipinski definition) is 4. The van der Waals surface area contributed by atoms with Gasteiger partial charge in [0.1, 0.15) is 5.75 Å². The molecule has 0 aromatic heterocycles. The average Bonchev–Trinajstić information content (AvgIpc) is 2.74. The van der Waals surface area contributed by atoms with Crippen LogP contribution >= 0.6 is 0 Å². The number of nitrogens with one attached hydrogen (secondary N) is 1. The van der Waals surface area contributed by atoms with E-state index >= 15 is 0 Å². The van der Waals surface area contributed by atoms with Crippen LogP contribution in [0.5, 0.6) is 5.75 Å². The van der Waals surface area contributed by atoms with Gasteiger partial charge in [-0.05, 0) is 42.2 Å². The first-order valence-corrected chi connectivity index (χ1v) is 10.3. The van der Waals surface area contributed by atoms with Crippen molar-refractivity contribution in [1.82, 2.24) is 4.90 Å². The molecule has 160 valence electrons. The van der Waals surface area contributed by atoms with Crippen molar-refractivity contribution >= 4 is 17.5 Å². The summed E-state index contributed by atoms with van der Waals surface area (Å²) < 4.78 is 11.1. The van der Waals surface area contributed by atoms with Crippen molar-refractivity contribution in [1.29, 1.82) is 0 Å². The summed E-state index contributed by atoms with van der Waals surface area (Å²) >= 11 is 0. The van der Waals surface area contributed by atoms with Gasteiger partial charge in [-0.1, -0.05) is 45.0 Å². The Morgan fingerprint density at radius 3 is 2.30 bits per heavy atom. The summed E-state index contributed by atoms with van der Waals surface area (Å²) in [5.41, 5.74) is 2.20. The molecule has 0 unspecified atom stereocenters. The van der Waals surface area contributed by atoms with E-state index < -0.39 is 6.10 Å². The van der Waals surface area contributed by atoms with Gasteiger partial charge in [-0.25, -0.2) is 0 Å². The number of para-hydroxylation sites is 1. The molecule has 1 N–H and O–H groups in total. The second-order valence-corrected chi connectivity index (χ2v) is 8.47. The highest BCUT2D eigenvalue weighted by Gasteiger charge is 2.23. The number of benzene rings is 2. The number of ether oxygens (including phenoxy) is 2. The van der Waals surface area contributed by atoms with Crippen molar-refractivity contribution < 1.29 is 19.1 Å². The molecule has 30 heavy (non-hydrogen) atoms. The molecule has 1 fully saturated rings. The molecule has 3 rings (SSSR count). The van der Waals surface area contributed by atoms with E-state index in [1.165, 1.54) is 5.56 Å². The van der Waals surface area contributed by atoms with E-state index in [4.69, 9.17) is 9.47 Å². The lowest BCUT2D eigenvalue weighted by atomic mass is 9.87. The molecule has 2 amide bonds. The molecule has 1 saturated heterocycles. The predicted octanol–water partition coefficient (Wildman–Crippen LogP) is 3.86. The molecule has 0 radical (unpaired) electrons. The third kappa shape index (κ3) is 5.39. The maximum Gasteiger partial charge on any atom is 0.265 e. The molecule has 0 bridgehead atoms. The first-order valence-electron chi connectivity index (χ1n) is 10.3. The van der Waals surface area contributed by atoms with Gasteiger partial charge in [0.2, 0.25) is 0 Å². The summed E-state index contributed by atoms with van der Waals surface area (Å²) in [5.74, 6) is 0.209. The minimum absolute atomic E-state index is 0.0538. The van der Waals surface area contributed by atoms with E-state index in [2.05, 4.69) is 26.1 Å². The number of carbonyl (C=O) groups excluding carboxylic acids is 2. The van der Waals surface area contributed by atoms with Crippen molar-refractivity contribution in [3.05, 3.63) is 59.7 Å². The fourth-order valence-electron chi connectivity index (χ4n) is 3.24. The van der Waals surface area contributed by atoms with Crippen LogP contribution in [-0.2, 0) is 14.9 Å². The van der Waals surface area contributed by atoms with Gasteiger partial charge < -0.3 is 19.7 Å². The van der Waals surface area contributed by atoms with E-state index in [0.29, 0.717) is 43.3 Å². The summed E-state index contributed by atoms with van der Waals surface area (Å²) in [6.45, 7) is 10.3. The highest BCUT2D eigenvalue weighted by molar-refractivity contribution is 6.04. The van der Waals surface area contributed by atoms with Crippen molar-refractivity contribution in [2.45, 2.75) is 39.2 Å². The number of hydrogen-bond donors (Lipinski definition) is 1. The quantitative estimate of drug-likeness (QED) is 0.813. The number of morpholine rings is 1. The van der Waals surface area contributed by atoms with Crippen LogP contribution in [0.1, 0.15) is 43.6 Å². The van der Waals surface area contributed by atoms with Crippen molar-refractivity contribution in [3.8, 4) is 5.75 Å². The minimum atomic E-state index is -0.711. The smallest absolute Gasteiger partial charge is 0.265 e. The van der Waals surface area contributed by atoms with Gasteiger partial charge >= 0.3 is 0 Å². The molecular formula is C24H30N2O4. The Morgan fingerprint density at radius 2 is 1.67 bits per heavy atom. The topological polar surface area (TPSA) is 67.9 Å². The molecule has 6 nitrogen and oxygen atoms in total. The molecule has 1 aliphatic heterocycles. The van der Waals surface area contributed by atoms with Crippen LogP contribution in [0.15, 0.2) is 48.5 Å². The number of anilines is 1. The monoisotopic (exact) mass is 410 g/mol. The summed E-state index contributed by atoms with van der Waals surface area (Å²) in [6, 6.07) is 14.8. The predicted molar refractivity (Wildman–Crippen MR) is 117 cm³/mol. The summed E-state index contributed by atoms with van der Waals surface area (Å²) in [6.07, 6.45) is -0.711. The highest BCUT2D eigenvalue weighted by Crippen LogP contribution is 2.25. The van der Waals surface area contributed by atoms with Crippen molar-refractivity contribution in [3.63, 3.8) is 0 Å². The Balaban J connectivity index is 1.66. The lowest BCUT2D eigenvalue weighted by molar-refractivity contribution is -0.122. The molecule has 0 aliphatic carbocycles. The standard InChI is InChI=1S/C24H30N2O4/c1-17(30-19-11-9-18(10-12-19)24(2,3)4)22(27)25-21-8-6-5-7-20(21)23(28)26-13-15-29-16-14-26/h5-12,17H,13-16H2,1-4H3,(H,25,27)/t17-/m0/s1. The van der Waals surface area contributed by atoms with E-state index in [9.17, 15) is 9.59 Å². The van der Waals surface area contributed by atoms with Crippen LogP contribution in [0, 0.1) is 0 Å². The van der Waals surface area contributed by atoms with Crippen molar-refractivity contribution in [2.24, 2.45) is 0 Å². The maximum atomic E-state index is 12.9. The lowest BCUT2D eigenvalue weighted by Crippen LogP contribution is -2.41. The van der Waals surface area contributed by atoms with Gasteiger partial charge in [0.15, 0.2) is 6.10 Å². The summed E-state index contributed by atoms with van der Waals surface area (Å²) in [7, 11) is 0. The van der Waals surface area contributed by atoms with Gasteiger partial charge in [0.25, 0.3) is 11.8 Å². The Morgan fingerprint density at radius 1 is 1.03 bits per heavy atom. The number of nitrogens with zero attached hydrogens (tertiary/aromatic N) is 1. The Kier molecular flexibility index (Phi) is 6.77. The zero-order valence-corrected chi connectivity index (χ0v) is 18.1.